The lowest BCUT2D eigenvalue weighted by Gasteiger charge is -2.36. The molecule has 0 bridgehead atoms. The summed E-state index contributed by atoms with van der Waals surface area (Å²) in [6.07, 6.45) is 5.13. The molecule has 0 radical (unpaired) electrons. The van der Waals surface area contributed by atoms with Gasteiger partial charge in [-0.25, -0.2) is 0 Å². The molecular formula is C15H26O. The minimum atomic E-state index is -0.351. The fourth-order valence-electron chi connectivity index (χ4n) is 5.57. The van der Waals surface area contributed by atoms with Gasteiger partial charge in [0.1, 0.15) is 0 Å². The third-order valence-corrected chi connectivity index (χ3v) is 6.35. The highest BCUT2D eigenvalue weighted by Crippen LogP contribution is 2.80. The van der Waals surface area contributed by atoms with Crippen molar-refractivity contribution in [1.29, 1.82) is 0 Å². The van der Waals surface area contributed by atoms with Gasteiger partial charge in [0.25, 0.3) is 0 Å². The average Bonchev–Trinajstić information content (AvgIpc) is 2.79. The van der Waals surface area contributed by atoms with Crippen molar-refractivity contribution in [2.45, 2.75) is 59.0 Å². The second kappa shape index (κ2) is 3.04. The second-order valence-electron chi connectivity index (χ2n) is 7.36. The van der Waals surface area contributed by atoms with Crippen molar-refractivity contribution in [2.75, 3.05) is 0 Å². The zero-order chi connectivity index (χ0) is 11.7. The van der Waals surface area contributed by atoms with E-state index in [2.05, 4.69) is 27.7 Å². The van der Waals surface area contributed by atoms with Crippen LogP contribution in [0.1, 0.15) is 53.4 Å². The van der Waals surface area contributed by atoms with E-state index in [0.29, 0.717) is 11.3 Å². The molecule has 3 saturated carbocycles. The van der Waals surface area contributed by atoms with E-state index >= 15 is 0 Å². The van der Waals surface area contributed by atoms with Gasteiger partial charge >= 0.3 is 0 Å². The lowest BCUT2D eigenvalue weighted by molar-refractivity contribution is 0.0291. The first-order valence-corrected chi connectivity index (χ1v) is 7.13. The third kappa shape index (κ3) is 1.11. The molecule has 92 valence electrons. The van der Waals surface area contributed by atoms with Gasteiger partial charge in [-0.05, 0) is 67.6 Å². The molecule has 0 amide bonds. The van der Waals surface area contributed by atoms with Crippen LogP contribution in [0, 0.1) is 35.0 Å². The van der Waals surface area contributed by atoms with Crippen molar-refractivity contribution >= 4 is 0 Å². The van der Waals surface area contributed by atoms with Crippen LogP contribution in [0.2, 0.25) is 0 Å². The average molecular weight is 222 g/mol. The van der Waals surface area contributed by atoms with Crippen LogP contribution in [0.4, 0.5) is 0 Å². The summed E-state index contributed by atoms with van der Waals surface area (Å²) in [6, 6.07) is 0. The van der Waals surface area contributed by atoms with Gasteiger partial charge in [0.05, 0.1) is 5.60 Å². The van der Waals surface area contributed by atoms with Gasteiger partial charge in [-0.2, -0.15) is 0 Å². The molecule has 0 aliphatic heterocycles. The fraction of sp³-hybridized carbons (Fsp3) is 1.00. The molecule has 3 rings (SSSR count). The van der Waals surface area contributed by atoms with Gasteiger partial charge in [0, 0.05) is 0 Å². The number of aliphatic hydroxyl groups is 1. The van der Waals surface area contributed by atoms with Crippen LogP contribution >= 0.6 is 0 Å². The van der Waals surface area contributed by atoms with Crippen LogP contribution in [0.25, 0.3) is 0 Å². The molecule has 1 heteroatoms. The van der Waals surface area contributed by atoms with Gasteiger partial charge in [0.2, 0.25) is 0 Å². The van der Waals surface area contributed by atoms with Crippen LogP contribution < -0.4 is 0 Å². The molecule has 1 nitrogen and oxygen atoms in total. The first-order chi connectivity index (χ1) is 7.41. The van der Waals surface area contributed by atoms with Crippen molar-refractivity contribution in [2.24, 2.45) is 35.0 Å². The summed E-state index contributed by atoms with van der Waals surface area (Å²) in [5.74, 6) is 4.01. The molecule has 1 spiro atoms. The maximum absolute atomic E-state index is 10.5. The Kier molecular flexibility index (Phi) is 2.11. The largest absolute Gasteiger partial charge is 0.390 e. The van der Waals surface area contributed by atoms with Crippen LogP contribution in [0.15, 0.2) is 0 Å². The van der Waals surface area contributed by atoms with E-state index in [1.165, 1.54) is 19.3 Å². The second-order valence-corrected chi connectivity index (χ2v) is 7.36. The summed E-state index contributed by atoms with van der Waals surface area (Å²) in [4.78, 5) is 0. The highest BCUT2D eigenvalue weighted by Gasteiger charge is 2.77. The Morgan fingerprint density at radius 1 is 1.19 bits per heavy atom. The molecule has 0 aromatic carbocycles. The van der Waals surface area contributed by atoms with Gasteiger partial charge in [-0.15, -0.1) is 0 Å². The Balaban J connectivity index is 1.92. The van der Waals surface area contributed by atoms with E-state index in [9.17, 15) is 5.11 Å². The lowest BCUT2D eigenvalue weighted by atomic mass is 9.69. The molecule has 0 heterocycles. The number of hydrogen-bond acceptors (Lipinski definition) is 1. The topological polar surface area (TPSA) is 20.2 Å². The van der Waals surface area contributed by atoms with E-state index in [4.69, 9.17) is 0 Å². The first-order valence-electron chi connectivity index (χ1n) is 7.13. The number of rotatable bonds is 1. The summed E-state index contributed by atoms with van der Waals surface area (Å²) in [7, 11) is 0. The number of hydrogen-bond donors (Lipinski definition) is 1. The zero-order valence-electron chi connectivity index (χ0n) is 11.2. The Morgan fingerprint density at radius 3 is 2.50 bits per heavy atom. The van der Waals surface area contributed by atoms with Crippen LogP contribution in [0.5, 0.6) is 0 Å². The molecule has 0 aromatic rings. The van der Waals surface area contributed by atoms with E-state index in [1.54, 1.807) is 0 Å². The summed E-state index contributed by atoms with van der Waals surface area (Å²) >= 11 is 0. The predicted molar refractivity (Wildman–Crippen MR) is 66.0 cm³/mol. The Bertz CT molecular complexity index is 307. The molecule has 0 aromatic heterocycles. The highest BCUT2D eigenvalue weighted by molar-refractivity contribution is 5.26. The fourth-order valence-corrected chi connectivity index (χ4v) is 5.57. The summed E-state index contributed by atoms with van der Waals surface area (Å²) < 4.78 is 0. The van der Waals surface area contributed by atoms with Crippen molar-refractivity contribution in [3.05, 3.63) is 0 Å². The molecule has 16 heavy (non-hydrogen) atoms. The van der Waals surface area contributed by atoms with Crippen molar-refractivity contribution in [3.8, 4) is 0 Å². The normalized spacial score (nSPS) is 59.6. The molecule has 0 saturated heterocycles. The van der Waals surface area contributed by atoms with Crippen molar-refractivity contribution in [3.63, 3.8) is 0 Å². The third-order valence-electron chi connectivity index (χ3n) is 6.35. The Hall–Kier alpha value is -0.0400. The van der Waals surface area contributed by atoms with E-state index in [-0.39, 0.29) is 5.60 Å². The summed E-state index contributed by atoms with van der Waals surface area (Å²) in [6.45, 7) is 9.27. The van der Waals surface area contributed by atoms with E-state index in [1.807, 2.05) is 0 Å². The minimum absolute atomic E-state index is 0.351. The predicted octanol–water partition coefficient (Wildman–Crippen LogP) is 3.47. The first kappa shape index (κ1) is 11.1. The minimum Gasteiger partial charge on any atom is -0.390 e. The van der Waals surface area contributed by atoms with E-state index < -0.39 is 0 Å². The molecule has 3 fully saturated rings. The van der Waals surface area contributed by atoms with Crippen LogP contribution in [0.3, 0.4) is 0 Å². The monoisotopic (exact) mass is 222 g/mol. The van der Waals surface area contributed by atoms with Crippen molar-refractivity contribution < 1.29 is 5.11 Å². The molecular weight excluding hydrogens is 196 g/mol. The number of fused-ring (bicyclic) bond motifs is 1. The maximum atomic E-state index is 10.5. The zero-order valence-corrected chi connectivity index (χ0v) is 11.2. The smallest absolute Gasteiger partial charge is 0.0656 e. The highest BCUT2D eigenvalue weighted by atomic mass is 16.3. The van der Waals surface area contributed by atoms with Gasteiger partial charge in [0.15, 0.2) is 0 Å². The summed E-state index contributed by atoms with van der Waals surface area (Å²) in [5.41, 5.74) is 0.201. The lowest BCUT2D eigenvalue weighted by Crippen LogP contribution is -2.30. The molecule has 3 aliphatic carbocycles. The summed E-state index contributed by atoms with van der Waals surface area (Å²) in [5, 5.41) is 10.5. The Morgan fingerprint density at radius 2 is 1.88 bits per heavy atom. The van der Waals surface area contributed by atoms with Crippen LogP contribution in [-0.4, -0.2) is 10.7 Å². The van der Waals surface area contributed by atoms with Gasteiger partial charge in [-0.3, -0.25) is 0 Å². The molecule has 3 aliphatic rings. The van der Waals surface area contributed by atoms with Crippen LogP contribution in [-0.2, 0) is 0 Å². The Labute approximate surface area is 99.6 Å². The van der Waals surface area contributed by atoms with Crippen molar-refractivity contribution in [1.82, 2.24) is 0 Å². The van der Waals surface area contributed by atoms with Gasteiger partial charge < -0.3 is 5.11 Å². The standard InChI is InChI=1S/C15H26O/c1-9(2)11-6-5-10(3)15-8-7-14(4,16)13(15)12(11)15/h9-13,16H,5-8H2,1-4H3/t10-,11+,12-,13-,14+,15+/m0/s1. The van der Waals surface area contributed by atoms with Gasteiger partial charge in [-0.1, -0.05) is 20.8 Å². The molecule has 6 atom stereocenters. The quantitative estimate of drug-likeness (QED) is 0.720. The van der Waals surface area contributed by atoms with E-state index in [0.717, 1.165) is 30.1 Å². The SMILES string of the molecule is CC(C)[C@H]1CC[C@H](C)[C@@]23CC[C@@](C)(O)[C@@H]2[C@H]13. The molecule has 0 unspecified atom stereocenters. The molecule has 1 N–H and O–H groups in total. The maximum Gasteiger partial charge on any atom is 0.0656 e.